The largest absolute Gasteiger partial charge is 0.370 e. The lowest BCUT2D eigenvalue weighted by molar-refractivity contribution is 0.721. The van der Waals surface area contributed by atoms with Gasteiger partial charge in [0, 0.05) is 0 Å². The third-order valence-corrected chi connectivity index (χ3v) is 2.36. The minimum atomic E-state index is 0. The Morgan fingerprint density at radius 1 is 1.14 bits per heavy atom. The molecule has 76 valence electrons. The molecular weight excluding hydrogens is 198 g/mol. The molecule has 14 heavy (non-hydrogen) atoms. The molecule has 1 aromatic rings. The second-order valence-corrected chi connectivity index (χ2v) is 3.38. The number of nitrogens with two attached hydrogens (primary N) is 2. The highest BCUT2D eigenvalue weighted by Crippen LogP contribution is 2.23. The summed E-state index contributed by atoms with van der Waals surface area (Å²) in [6, 6.07) is 8.63. The predicted octanol–water partition coefficient (Wildman–Crippen LogP) is 0.849. The topological polar surface area (TPSA) is 64.4 Å². The number of fused-ring (bicyclic) bond motifs is 1. The van der Waals surface area contributed by atoms with E-state index in [9.17, 15) is 0 Å². The van der Waals surface area contributed by atoms with Crippen LogP contribution in [0, 0.1) is 0 Å². The second kappa shape index (κ2) is 4.33. The molecule has 4 heteroatoms. The molecule has 0 bridgehead atoms. The van der Waals surface area contributed by atoms with Crippen molar-refractivity contribution in [1.82, 2.24) is 0 Å². The van der Waals surface area contributed by atoms with Crippen LogP contribution in [0.1, 0.15) is 11.1 Å². The molecule has 0 spiro atoms. The van der Waals surface area contributed by atoms with Crippen LogP contribution in [0.15, 0.2) is 29.3 Å². The highest BCUT2D eigenvalue weighted by molar-refractivity contribution is 5.85. The zero-order chi connectivity index (χ0) is 9.26. The molecule has 0 saturated heterocycles. The highest BCUT2D eigenvalue weighted by atomic mass is 35.5. The zero-order valence-corrected chi connectivity index (χ0v) is 8.63. The van der Waals surface area contributed by atoms with E-state index >= 15 is 0 Å². The van der Waals surface area contributed by atoms with Crippen LogP contribution in [-0.2, 0) is 12.8 Å². The number of benzene rings is 1. The summed E-state index contributed by atoms with van der Waals surface area (Å²) in [5, 5.41) is 0. The van der Waals surface area contributed by atoms with E-state index in [4.69, 9.17) is 11.5 Å². The summed E-state index contributed by atoms with van der Waals surface area (Å²) in [6.45, 7) is 0. The van der Waals surface area contributed by atoms with Crippen molar-refractivity contribution in [2.75, 3.05) is 0 Å². The van der Waals surface area contributed by atoms with Gasteiger partial charge in [-0.05, 0) is 24.0 Å². The van der Waals surface area contributed by atoms with E-state index in [2.05, 4.69) is 29.3 Å². The van der Waals surface area contributed by atoms with Crippen molar-refractivity contribution in [2.24, 2.45) is 16.5 Å². The lowest BCUT2D eigenvalue weighted by Gasteiger charge is -2.01. The van der Waals surface area contributed by atoms with Crippen LogP contribution in [0.3, 0.4) is 0 Å². The van der Waals surface area contributed by atoms with Crippen LogP contribution in [-0.4, -0.2) is 12.0 Å². The van der Waals surface area contributed by atoms with Gasteiger partial charge in [-0.25, -0.2) is 4.99 Å². The smallest absolute Gasteiger partial charge is 0.186 e. The van der Waals surface area contributed by atoms with Crippen molar-refractivity contribution in [1.29, 1.82) is 0 Å². The van der Waals surface area contributed by atoms with Gasteiger partial charge >= 0.3 is 0 Å². The van der Waals surface area contributed by atoms with E-state index in [1.807, 2.05) is 0 Å². The Kier molecular flexibility index (Phi) is 3.36. The number of hydrogen-bond acceptors (Lipinski definition) is 1. The minimum Gasteiger partial charge on any atom is -0.370 e. The summed E-state index contributed by atoms with van der Waals surface area (Å²) in [5.41, 5.74) is 13.4. The van der Waals surface area contributed by atoms with E-state index in [-0.39, 0.29) is 24.4 Å². The molecule has 0 fully saturated rings. The average molecular weight is 212 g/mol. The molecule has 1 aliphatic carbocycles. The maximum absolute atomic E-state index is 5.33. The Bertz CT molecular complexity index is 320. The molecule has 1 aliphatic rings. The zero-order valence-electron chi connectivity index (χ0n) is 7.81. The van der Waals surface area contributed by atoms with Crippen LogP contribution >= 0.6 is 12.4 Å². The second-order valence-electron chi connectivity index (χ2n) is 3.38. The molecule has 0 aliphatic heterocycles. The molecular formula is C10H14ClN3. The molecule has 0 heterocycles. The fourth-order valence-electron chi connectivity index (χ4n) is 1.84. The summed E-state index contributed by atoms with van der Waals surface area (Å²) in [5.74, 6) is 0.192. The van der Waals surface area contributed by atoms with E-state index in [0.717, 1.165) is 12.8 Å². The summed E-state index contributed by atoms with van der Waals surface area (Å²) in [6.07, 6.45) is 1.93. The molecule has 0 radical (unpaired) electrons. The summed E-state index contributed by atoms with van der Waals surface area (Å²) in [4.78, 5) is 4.16. The number of halogens is 1. The van der Waals surface area contributed by atoms with Gasteiger partial charge in [-0.2, -0.15) is 0 Å². The first-order valence-corrected chi connectivity index (χ1v) is 4.41. The van der Waals surface area contributed by atoms with Gasteiger partial charge in [-0.15, -0.1) is 12.4 Å². The summed E-state index contributed by atoms with van der Waals surface area (Å²) < 4.78 is 0. The molecule has 1 aromatic carbocycles. The van der Waals surface area contributed by atoms with Gasteiger partial charge in [0.25, 0.3) is 0 Å². The van der Waals surface area contributed by atoms with Crippen LogP contribution in [0.2, 0.25) is 0 Å². The molecule has 0 unspecified atom stereocenters. The summed E-state index contributed by atoms with van der Waals surface area (Å²) in [7, 11) is 0. The average Bonchev–Trinajstić information content (AvgIpc) is 2.44. The molecule has 3 nitrogen and oxygen atoms in total. The lowest BCUT2D eigenvalue weighted by Crippen LogP contribution is -2.25. The third-order valence-electron chi connectivity index (χ3n) is 2.36. The fraction of sp³-hybridized carbons (Fsp3) is 0.300. The van der Waals surface area contributed by atoms with Crippen molar-refractivity contribution in [3.05, 3.63) is 35.4 Å². The van der Waals surface area contributed by atoms with Crippen LogP contribution < -0.4 is 11.5 Å². The monoisotopic (exact) mass is 211 g/mol. The number of aliphatic imine (C=N–C) groups is 1. The number of rotatable bonds is 1. The molecule has 2 rings (SSSR count). The molecule has 4 N–H and O–H groups in total. The third kappa shape index (κ3) is 2.17. The quantitative estimate of drug-likeness (QED) is 0.534. The maximum Gasteiger partial charge on any atom is 0.186 e. The Morgan fingerprint density at radius 2 is 1.64 bits per heavy atom. The number of hydrogen-bond donors (Lipinski definition) is 2. The van der Waals surface area contributed by atoms with Crippen molar-refractivity contribution in [3.8, 4) is 0 Å². The predicted molar refractivity (Wildman–Crippen MR) is 60.7 cm³/mol. The number of guanidine groups is 1. The first-order valence-electron chi connectivity index (χ1n) is 4.41. The normalized spacial score (nSPS) is 14.3. The van der Waals surface area contributed by atoms with E-state index in [1.165, 1.54) is 11.1 Å². The van der Waals surface area contributed by atoms with E-state index in [0.29, 0.717) is 0 Å². The number of nitrogens with zero attached hydrogens (tertiary/aromatic N) is 1. The van der Waals surface area contributed by atoms with Crippen LogP contribution in [0.25, 0.3) is 0 Å². The fourth-order valence-corrected chi connectivity index (χ4v) is 1.84. The van der Waals surface area contributed by atoms with Gasteiger partial charge in [0.2, 0.25) is 0 Å². The maximum atomic E-state index is 5.33. The van der Waals surface area contributed by atoms with Gasteiger partial charge in [0.1, 0.15) is 0 Å². The van der Waals surface area contributed by atoms with Gasteiger partial charge < -0.3 is 11.5 Å². The Morgan fingerprint density at radius 3 is 2.07 bits per heavy atom. The molecule has 0 aromatic heterocycles. The van der Waals surface area contributed by atoms with E-state index < -0.39 is 0 Å². The van der Waals surface area contributed by atoms with Crippen molar-refractivity contribution >= 4 is 18.4 Å². The van der Waals surface area contributed by atoms with Gasteiger partial charge in [0.05, 0.1) is 6.04 Å². The van der Waals surface area contributed by atoms with Gasteiger partial charge in [0.15, 0.2) is 5.96 Å². The lowest BCUT2D eigenvalue weighted by atomic mass is 10.1. The Hall–Kier alpha value is -1.22. The van der Waals surface area contributed by atoms with Crippen molar-refractivity contribution in [3.63, 3.8) is 0 Å². The Balaban J connectivity index is 0.000000980. The minimum absolute atomic E-state index is 0. The summed E-state index contributed by atoms with van der Waals surface area (Å²) >= 11 is 0. The molecule has 0 atom stereocenters. The molecule has 0 saturated carbocycles. The SMILES string of the molecule is Cl.NC(N)=NC1Cc2ccccc2C1. The van der Waals surface area contributed by atoms with Crippen LogP contribution in [0.5, 0.6) is 0 Å². The first-order chi connectivity index (χ1) is 6.25. The molecule has 0 amide bonds. The van der Waals surface area contributed by atoms with E-state index in [1.54, 1.807) is 0 Å². The van der Waals surface area contributed by atoms with Crippen molar-refractivity contribution in [2.45, 2.75) is 18.9 Å². The van der Waals surface area contributed by atoms with Crippen LogP contribution in [0.4, 0.5) is 0 Å². The first kappa shape index (κ1) is 10.9. The highest BCUT2D eigenvalue weighted by Gasteiger charge is 2.19. The van der Waals surface area contributed by atoms with Gasteiger partial charge in [-0.3, -0.25) is 0 Å². The Labute approximate surface area is 89.6 Å². The van der Waals surface area contributed by atoms with Gasteiger partial charge in [-0.1, -0.05) is 24.3 Å². The standard InChI is InChI=1S/C10H13N3.ClH/c11-10(12)13-9-5-7-3-1-2-4-8(7)6-9;/h1-4,9H,5-6H2,(H4,11,12,13);1H. The van der Waals surface area contributed by atoms with Crippen molar-refractivity contribution < 1.29 is 0 Å².